The van der Waals surface area contributed by atoms with E-state index in [1.165, 1.54) is 10.3 Å². The molecule has 0 amide bonds. The minimum Gasteiger partial charge on any atom is -0.377 e. The molecule has 3 rings (SSSR count). The molecule has 0 saturated heterocycles. The van der Waals surface area contributed by atoms with E-state index in [0.717, 1.165) is 11.2 Å². The van der Waals surface area contributed by atoms with Crippen molar-refractivity contribution in [1.29, 1.82) is 0 Å². The van der Waals surface area contributed by atoms with Gasteiger partial charge in [0, 0.05) is 22.1 Å². The van der Waals surface area contributed by atoms with Crippen molar-refractivity contribution in [1.82, 2.24) is 4.98 Å². The highest BCUT2D eigenvalue weighted by molar-refractivity contribution is 7.10. The number of pyridine rings is 1. The number of fused-ring (bicyclic) bond motifs is 1. The largest absolute Gasteiger partial charge is 0.377 e. The van der Waals surface area contributed by atoms with Gasteiger partial charge in [0.15, 0.2) is 0 Å². The number of rotatable bonds is 3. The van der Waals surface area contributed by atoms with Crippen LogP contribution in [0.25, 0.3) is 10.9 Å². The summed E-state index contributed by atoms with van der Waals surface area (Å²) in [5.41, 5.74) is 2.17. The zero-order valence-corrected chi connectivity index (χ0v) is 10.9. The van der Waals surface area contributed by atoms with Crippen LogP contribution >= 0.6 is 11.3 Å². The van der Waals surface area contributed by atoms with E-state index in [1.54, 1.807) is 11.3 Å². The van der Waals surface area contributed by atoms with Crippen LogP contribution in [0.4, 0.5) is 5.69 Å². The Balaban J connectivity index is 1.95. The van der Waals surface area contributed by atoms with Gasteiger partial charge < -0.3 is 5.32 Å². The van der Waals surface area contributed by atoms with Crippen molar-refractivity contribution in [3.05, 3.63) is 58.9 Å². The number of thiophene rings is 1. The van der Waals surface area contributed by atoms with E-state index in [2.05, 4.69) is 40.8 Å². The van der Waals surface area contributed by atoms with Gasteiger partial charge in [-0.25, -0.2) is 0 Å². The fourth-order valence-electron chi connectivity index (χ4n) is 2.06. The predicted octanol–water partition coefficient (Wildman–Crippen LogP) is 4.47. The molecule has 1 N–H and O–H groups in total. The van der Waals surface area contributed by atoms with Gasteiger partial charge in [-0.3, -0.25) is 4.98 Å². The van der Waals surface area contributed by atoms with Crippen LogP contribution in [0.15, 0.2) is 54.0 Å². The molecule has 0 spiro atoms. The molecule has 1 aromatic carbocycles. The average Bonchev–Trinajstić information content (AvgIpc) is 2.93. The Morgan fingerprint density at radius 2 is 2.00 bits per heavy atom. The molecule has 2 nitrogen and oxygen atoms in total. The van der Waals surface area contributed by atoms with Crippen molar-refractivity contribution in [3.63, 3.8) is 0 Å². The van der Waals surface area contributed by atoms with Crippen LogP contribution in [-0.2, 0) is 0 Å². The van der Waals surface area contributed by atoms with Crippen molar-refractivity contribution in [2.75, 3.05) is 5.32 Å². The standard InChI is InChI=1S/C15H14N2S/c1-11(15-7-4-10-18-15)17-14-8-9-16-13-6-3-2-5-12(13)14/h2-11H,1H3,(H,16,17). The molecular weight excluding hydrogens is 240 g/mol. The van der Waals surface area contributed by atoms with Crippen LogP contribution < -0.4 is 5.32 Å². The summed E-state index contributed by atoms with van der Waals surface area (Å²) in [7, 11) is 0. The van der Waals surface area contributed by atoms with Gasteiger partial charge in [0.1, 0.15) is 0 Å². The maximum atomic E-state index is 4.37. The molecule has 2 heterocycles. The van der Waals surface area contributed by atoms with Crippen LogP contribution in [-0.4, -0.2) is 4.98 Å². The number of benzene rings is 1. The van der Waals surface area contributed by atoms with Gasteiger partial charge >= 0.3 is 0 Å². The molecule has 0 fully saturated rings. The van der Waals surface area contributed by atoms with Gasteiger partial charge in [-0.1, -0.05) is 24.3 Å². The summed E-state index contributed by atoms with van der Waals surface area (Å²) in [6.45, 7) is 2.18. The van der Waals surface area contributed by atoms with Gasteiger partial charge in [0.25, 0.3) is 0 Å². The summed E-state index contributed by atoms with van der Waals surface area (Å²) in [5, 5.41) is 6.84. The van der Waals surface area contributed by atoms with Crippen LogP contribution in [0.1, 0.15) is 17.8 Å². The molecule has 90 valence electrons. The zero-order valence-electron chi connectivity index (χ0n) is 10.1. The lowest BCUT2D eigenvalue weighted by molar-refractivity contribution is 0.910. The van der Waals surface area contributed by atoms with Crippen molar-refractivity contribution in [2.24, 2.45) is 0 Å². The van der Waals surface area contributed by atoms with Gasteiger partial charge in [-0.05, 0) is 30.5 Å². The predicted molar refractivity (Wildman–Crippen MR) is 78.1 cm³/mol. The first-order valence-corrected chi connectivity index (χ1v) is 6.86. The molecule has 0 saturated carbocycles. The zero-order chi connectivity index (χ0) is 12.4. The number of aromatic nitrogens is 1. The maximum Gasteiger partial charge on any atom is 0.0722 e. The van der Waals surface area contributed by atoms with E-state index in [0.29, 0.717) is 6.04 Å². The minimum atomic E-state index is 0.316. The minimum absolute atomic E-state index is 0.316. The first-order valence-electron chi connectivity index (χ1n) is 5.98. The number of hydrogen-bond acceptors (Lipinski definition) is 3. The molecule has 18 heavy (non-hydrogen) atoms. The summed E-state index contributed by atoms with van der Waals surface area (Å²) in [6.07, 6.45) is 1.85. The molecule has 3 aromatic rings. The molecule has 3 heteroatoms. The topological polar surface area (TPSA) is 24.9 Å². The lowest BCUT2D eigenvalue weighted by Gasteiger charge is -2.15. The van der Waals surface area contributed by atoms with Crippen LogP contribution in [0.3, 0.4) is 0 Å². The monoisotopic (exact) mass is 254 g/mol. The molecule has 0 radical (unpaired) electrons. The number of anilines is 1. The fraction of sp³-hybridized carbons (Fsp3) is 0.133. The third-order valence-electron chi connectivity index (χ3n) is 2.99. The van der Waals surface area contributed by atoms with Crippen molar-refractivity contribution >= 4 is 27.9 Å². The summed E-state index contributed by atoms with van der Waals surface area (Å²) >= 11 is 1.78. The van der Waals surface area contributed by atoms with E-state index >= 15 is 0 Å². The van der Waals surface area contributed by atoms with E-state index in [-0.39, 0.29) is 0 Å². The van der Waals surface area contributed by atoms with E-state index < -0.39 is 0 Å². The summed E-state index contributed by atoms with van der Waals surface area (Å²) in [4.78, 5) is 5.72. The third-order valence-corrected chi connectivity index (χ3v) is 4.05. The average molecular weight is 254 g/mol. The Morgan fingerprint density at radius 1 is 1.11 bits per heavy atom. The summed E-state index contributed by atoms with van der Waals surface area (Å²) in [5.74, 6) is 0. The van der Waals surface area contributed by atoms with E-state index in [9.17, 15) is 0 Å². The highest BCUT2D eigenvalue weighted by atomic mass is 32.1. The molecule has 0 aliphatic heterocycles. The molecule has 1 atom stereocenters. The molecule has 2 aromatic heterocycles. The summed E-state index contributed by atoms with van der Waals surface area (Å²) < 4.78 is 0. The Bertz CT molecular complexity index is 641. The van der Waals surface area contributed by atoms with Gasteiger partial charge in [-0.15, -0.1) is 11.3 Å². The highest BCUT2D eigenvalue weighted by Gasteiger charge is 2.08. The lowest BCUT2D eigenvalue weighted by Crippen LogP contribution is -2.05. The van der Waals surface area contributed by atoms with Crippen molar-refractivity contribution < 1.29 is 0 Å². The first kappa shape index (κ1) is 11.2. The first-order chi connectivity index (χ1) is 8.84. The molecule has 0 aliphatic carbocycles. The highest BCUT2D eigenvalue weighted by Crippen LogP contribution is 2.27. The van der Waals surface area contributed by atoms with Crippen LogP contribution in [0.2, 0.25) is 0 Å². The smallest absolute Gasteiger partial charge is 0.0722 e. The van der Waals surface area contributed by atoms with Gasteiger partial charge in [0.05, 0.1) is 11.6 Å². The molecule has 0 bridgehead atoms. The normalized spacial score (nSPS) is 12.5. The Kier molecular flexibility index (Phi) is 2.99. The number of nitrogens with zero attached hydrogens (tertiary/aromatic N) is 1. The summed E-state index contributed by atoms with van der Waals surface area (Å²) in [6, 6.07) is 14.8. The Hall–Kier alpha value is -1.87. The van der Waals surface area contributed by atoms with E-state index in [1.807, 2.05) is 30.5 Å². The quantitative estimate of drug-likeness (QED) is 0.746. The van der Waals surface area contributed by atoms with Crippen molar-refractivity contribution in [2.45, 2.75) is 13.0 Å². The molecule has 0 aliphatic rings. The second-order valence-electron chi connectivity index (χ2n) is 4.26. The number of para-hydroxylation sites is 1. The molecular formula is C15H14N2S. The fourth-order valence-corrected chi connectivity index (χ4v) is 2.80. The van der Waals surface area contributed by atoms with Crippen LogP contribution in [0.5, 0.6) is 0 Å². The SMILES string of the molecule is CC(Nc1ccnc2ccccc12)c1cccs1. The second-order valence-corrected chi connectivity index (χ2v) is 5.24. The van der Waals surface area contributed by atoms with Gasteiger partial charge in [0.2, 0.25) is 0 Å². The number of nitrogens with one attached hydrogen (secondary N) is 1. The van der Waals surface area contributed by atoms with Crippen LogP contribution in [0, 0.1) is 0 Å². The van der Waals surface area contributed by atoms with Crippen molar-refractivity contribution in [3.8, 4) is 0 Å². The van der Waals surface area contributed by atoms with Gasteiger partial charge in [-0.2, -0.15) is 0 Å². The third kappa shape index (κ3) is 2.09. The lowest BCUT2D eigenvalue weighted by atomic mass is 10.1. The Labute approximate surface area is 110 Å². The number of hydrogen-bond donors (Lipinski definition) is 1. The Morgan fingerprint density at radius 3 is 2.83 bits per heavy atom. The second kappa shape index (κ2) is 4.78. The van der Waals surface area contributed by atoms with E-state index in [4.69, 9.17) is 0 Å². The maximum absolute atomic E-state index is 4.37. The molecule has 1 unspecified atom stereocenters.